The van der Waals surface area contributed by atoms with Crippen LogP contribution in [0.3, 0.4) is 0 Å². The Morgan fingerprint density at radius 3 is 2.57 bits per heavy atom. The number of Topliss-reactive ketones (excluding diaryl/α,β-unsaturated/α-hetero) is 1. The summed E-state index contributed by atoms with van der Waals surface area (Å²) in [5.74, 6) is 1.42. The molecule has 0 saturated heterocycles. The van der Waals surface area contributed by atoms with Crippen LogP contribution < -0.4 is 0 Å². The molecule has 23 heavy (non-hydrogen) atoms. The van der Waals surface area contributed by atoms with Gasteiger partial charge in [-0.05, 0) is 37.3 Å². The van der Waals surface area contributed by atoms with Crippen LogP contribution in [0.4, 0.5) is 5.69 Å². The summed E-state index contributed by atoms with van der Waals surface area (Å²) in [6.07, 6.45) is 1.65. The maximum absolute atomic E-state index is 11.3. The highest BCUT2D eigenvalue weighted by atomic mass is 35.5. The van der Waals surface area contributed by atoms with E-state index in [9.17, 15) is 4.79 Å². The minimum absolute atomic E-state index is 0.0466. The Morgan fingerprint density at radius 1 is 1.09 bits per heavy atom. The molecule has 0 aliphatic carbocycles. The number of aliphatic imine (C=N–C) groups is 1. The third kappa shape index (κ3) is 3.76. The molecule has 1 heterocycles. The third-order valence-corrected chi connectivity index (χ3v) is 3.59. The van der Waals surface area contributed by atoms with Gasteiger partial charge in [-0.15, -0.1) is 0 Å². The molecule has 0 radical (unpaired) electrons. The quantitative estimate of drug-likeness (QED) is 0.466. The molecular formula is C19H14ClNO2. The standard InChI is InChI=1S/C19H14ClNO2/c1-13(22)14-5-7-15(8-6-14)19-10-9-18(23-19)12-21-17-4-2-3-16(20)11-17/h2-12H,1H3. The van der Waals surface area contributed by atoms with Gasteiger partial charge < -0.3 is 4.42 Å². The van der Waals surface area contributed by atoms with Gasteiger partial charge in [0.15, 0.2) is 5.78 Å². The Labute approximate surface area is 139 Å². The zero-order chi connectivity index (χ0) is 16.2. The first-order chi connectivity index (χ1) is 11.1. The summed E-state index contributed by atoms with van der Waals surface area (Å²) in [6.45, 7) is 1.55. The average Bonchev–Trinajstić information content (AvgIpc) is 3.02. The highest BCUT2D eigenvalue weighted by Crippen LogP contribution is 2.23. The van der Waals surface area contributed by atoms with E-state index in [4.69, 9.17) is 16.0 Å². The van der Waals surface area contributed by atoms with Crippen LogP contribution in [0, 0.1) is 0 Å². The lowest BCUT2D eigenvalue weighted by Gasteiger charge is -1.98. The summed E-state index contributed by atoms with van der Waals surface area (Å²) >= 11 is 5.92. The smallest absolute Gasteiger partial charge is 0.159 e. The highest BCUT2D eigenvalue weighted by molar-refractivity contribution is 6.30. The molecule has 0 amide bonds. The second-order valence-corrected chi connectivity index (χ2v) is 5.51. The Morgan fingerprint density at radius 2 is 1.87 bits per heavy atom. The van der Waals surface area contributed by atoms with Crippen molar-refractivity contribution in [3.05, 3.63) is 77.0 Å². The van der Waals surface area contributed by atoms with E-state index in [1.807, 2.05) is 36.4 Å². The molecule has 0 saturated carbocycles. The van der Waals surface area contributed by atoms with Gasteiger partial charge in [0, 0.05) is 16.1 Å². The van der Waals surface area contributed by atoms with Gasteiger partial charge in [-0.25, -0.2) is 0 Å². The molecule has 0 aliphatic heterocycles. The molecule has 0 aliphatic rings. The van der Waals surface area contributed by atoms with Gasteiger partial charge in [0.1, 0.15) is 11.5 Å². The van der Waals surface area contributed by atoms with E-state index >= 15 is 0 Å². The van der Waals surface area contributed by atoms with Crippen molar-refractivity contribution in [1.29, 1.82) is 0 Å². The first kappa shape index (κ1) is 15.3. The van der Waals surface area contributed by atoms with Gasteiger partial charge in [-0.3, -0.25) is 9.79 Å². The summed E-state index contributed by atoms with van der Waals surface area (Å²) in [5, 5.41) is 0.644. The SMILES string of the molecule is CC(=O)c1ccc(-c2ccc(C=Nc3cccc(Cl)c3)o2)cc1. The van der Waals surface area contributed by atoms with Crippen molar-refractivity contribution in [2.45, 2.75) is 6.92 Å². The molecular weight excluding hydrogens is 310 g/mol. The van der Waals surface area contributed by atoms with Crippen molar-refractivity contribution in [3.63, 3.8) is 0 Å². The number of halogens is 1. The van der Waals surface area contributed by atoms with E-state index in [0.29, 0.717) is 16.3 Å². The van der Waals surface area contributed by atoms with Crippen LogP contribution in [-0.2, 0) is 0 Å². The van der Waals surface area contributed by atoms with Crippen molar-refractivity contribution in [1.82, 2.24) is 0 Å². The molecule has 0 spiro atoms. The van der Waals surface area contributed by atoms with Crippen LogP contribution in [0.1, 0.15) is 23.0 Å². The molecule has 0 unspecified atom stereocenters. The fourth-order valence-corrected chi connectivity index (χ4v) is 2.33. The molecule has 114 valence electrons. The first-order valence-corrected chi connectivity index (χ1v) is 7.50. The van der Waals surface area contributed by atoms with Crippen LogP contribution in [0.2, 0.25) is 5.02 Å². The van der Waals surface area contributed by atoms with Crippen molar-refractivity contribution in [2.75, 3.05) is 0 Å². The zero-order valence-electron chi connectivity index (χ0n) is 12.5. The van der Waals surface area contributed by atoms with Gasteiger partial charge in [0.05, 0.1) is 11.9 Å². The molecule has 0 fully saturated rings. The monoisotopic (exact) mass is 323 g/mol. The Kier molecular flexibility index (Phi) is 4.40. The zero-order valence-corrected chi connectivity index (χ0v) is 13.2. The topological polar surface area (TPSA) is 42.6 Å². The number of nitrogens with zero attached hydrogens (tertiary/aromatic N) is 1. The number of carbonyl (C=O) groups excluding carboxylic acids is 1. The molecule has 1 aromatic heterocycles. The minimum Gasteiger partial charge on any atom is -0.455 e. The predicted octanol–water partition coefficient (Wildman–Crippen LogP) is 5.55. The molecule has 3 aromatic rings. The van der Waals surface area contributed by atoms with E-state index in [0.717, 1.165) is 17.0 Å². The van der Waals surface area contributed by atoms with Gasteiger partial charge in [0.25, 0.3) is 0 Å². The number of ketones is 1. The number of furan rings is 1. The van der Waals surface area contributed by atoms with Gasteiger partial charge in [0.2, 0.25) is 0 Å². The van der Waals surface area contributed by atoms with Crippen LogP contribution in [0.5, 0.6) is 0 Å². The molecule has 0 bridgehead atoms. The molecule has 4 heteroatoms. The van der Waals surface area contributed by atoms with Crippen LogP contribution in [0.25, 0.3) is 11.3 Å². The molecule has 3 nitrogen and oxygen atoms in total. The molecule has 2 aromatic carbocycles. The lowest BCUT2D eigenvalue weighted by Crippen LogP contribution is -1.90. The summed E-state index contributed by atoms with van der Waals surface area (Å²) in [7, 11) is 0. The second kappa shape index (κ2) is 6.63. The number of rotatable bonds is 4. The van der Waals surface area contributed by atoms with Gasteiger partial charge >= 0.3 is 0 Å². The van der Waals surface area contributed by atoms with Crippen molar-refractivity contribution in [3.8, 4) is 11.3 Å². The second-order valence-electron chi connectivity index (χ2n) is 5.07. The van der Waals surface area contributed by atoms with Gasteiger partial charge in [-0.2, -0.15) is 0 Å². The Balaban J connectivity index is 1.79. The van der Waals surface area contributed by atoms with E-state index in [1.54, 1.807) is 37.4 Å². The van der Waals surface area contributed by atoms with E-state index in [1.165, 1.54) is 0 Å². The van der Waals surface area contributed by atoms with Crippen LogP contribution in [0.15, 0.2) is 70.1 Å². The van der Waals surface area contributed by atoms with Crippen LogP contribution in [-0.4, -0.2) is 12.0 Å². The fourth-order valence-electron chi connectivity index (χ4n) is 2.14. The first-order valence-electron chi connectivity index (χ1n) is 7.13. The van der Waals surface area contributed by atoms with Crippen molar-refractivity contribution in [2.24, 2.45) is 4.99 Å². The Hall–Kier alpha value is -2.65. The van der Waals surface area contributed by atoms with E-state index in [2.05, 4.69) is 4.99 Å². The lowest BCUT2D eigenvalue weighted by atomic mass is 10.1. The summed E-state index contributed by atoms with van der Waals surface area (Å²) < 4.78 is 5.75. The minimum atomic E-state index is 0.0466. The Bertz CT molecular complexity index is 863. The number of hydrogen-bond acceptors (Lipinski definition) is 3. The van der Waals surface area contributed by atoms with E-state index < -0.39 is 0 Å². The highest BCUT2D eigenvalue weighted by Gasteiger charge is 2.05. The van der Waals surface area contributed by atoms with Crippen LogP contribution >= 0.6 is 11.6 Å². The summed E-state index contributed by atoms with van der Waals surface area (Å²) in [5.41, 5.74) is 2.36. The normalized spacial score (nSPS) is 11.0. The number of benzene rings is 2. The molecule has 3 rings (SSSR count). The number of carbonyl (C=O) groups is 1. The van der Waals surface area contributed by atoms with Crippen molar-refractivity contribution >= 4 is 29.3 Å². The molecule has 0 atom stereocenters. The predicted molar refractivity (Wildman–Crippen MR) is 92.9 cm³/mol. The third-order valence-electron chi connectivity index (χ3n) is 3.35. The molecule has 0 N–H and O–H groups in total. The maximum atomic E-state index is 11.3. The summed E-state index contributed by atoms with van der Waals surface area (Å²) in [4.78, 5) is 15.6. The largest absolute Gasteiger partial charge is 0.455 e. The van der Waals surface area contributed by atoms with Gasteiger partial charge in [-0.1, -0.05) is 41.9 Å². The van der Waals surface area contributed by atoms with E-state index in [-0.39, 0.29) is 5.78 Å². The fraction of sp³-hybridized carbons (Fsp3) is 0.0526. The lowest BCUT2D eigenvalue weighted by molar-refractivity contribution is 0.101. The summed E-state index contributed by atoms with van der Waals surface area (Å²) in [6, 6.07) is 18.3. The number of hydrogen-bond donors (Lipinski definition) is 0. The average molecular weight is 324 g/mol. The maximum Gasteiger partial charge on any atom is 0.159 e. The van der Waals surface area contributed by atoms with Crippen molar-refractivity contribution < 1.29 is 9.21 Å².